The van der Waals surface area contributed by atoms with Crippen LogP contribution in [-0.2, 0) is 4.79 Å². The Hall–Kier alpha value is -2.14. The molecule has 0 aliphatic carbocycles. The minimum atomic E-state index is -0.228. The Kier molecular flexibility index (Phi) is 2.92. The highest BCUT2D eigenvalue weighted by Gasteiger charge is 2.64. The van der Waals surface area contributed by atoms with Crippen molar-refractivity contribution in [1.82, 2.24) is 19.6 Å². The van der Waals surface area contributed by atoms with Crippen LogP contribution in [0.15, 0.2) is 42.7 Å². The van der Waals surface area contributed by atoms with Gasteiger partial charge in [-0.2, -0.15) is 5.10 Å². The van der Waals surface area contributed by atoms with Gasteiger partial charge in [-0.15, -0.1) is 0 Å². The Morgan fingerprint density at radius 1 is 1.25 bits per heavy atom. The number of carbonyl (C=O) groups excluding carboxylic acids is 1. The van der Waals surface area contributed by atoms with Crippen LogP contribution in [0.4, 0.5) is 0 Å². The molecular formula is C19H22N4O. The third kappa shape index (κ3) is 1.73. The molecule has 0 saturated carbocycles. The molecule has 0 unspecified atom stereocenters. The quantitative estimate of drug-likeness (QED) is 0.851. The smallest absolute Gasteiger partial charge is 0.243 e. The van der Waals surface area contributed by atoms with Gasteiger partial charge in [-0.3, -0.25) is 9.69 Å². The number of hydrogen-bond acceptors (Lipinski definition) is 3. The molecule has 1 aromatic heterocycles. The maximum Gasteiger partial charge on any atom is 0.243 e. The van der Waals surface area contributed by atoms with Crippen molar-refractivity contribution >= 4 is 5.91 Å². The highest BCUT2D eigenvalue weighted by Crippen LogP contribution is 2.55. The van der Waals surface area contributed by atoms with Gasteiger partial charge in [-0.05, 0) is 37.9 Å². The molecule has 3 atom stereocenters. The zero-order chi connectivity index (χ0) is 16.3. The van der Waals surface area contributed by atoms with Crippen molar-refractivity contribution in [2.75, 3.05) is 20.1 Å². The summed E-state index contributed by atoms with van der Waals surface area (Å²) < 4.78 is 1.94. The van der Waals surface area contributed by atoms with Crippen LogP contribution in [0.3, 0.4) is 0 Å². The molecule has 1 amide bonds. The normalized spacial score (nSPS) is 32.4. The Bertz CT molecular complexity index is 786. The summed E-state index contributed by atoms with van der Waals surface area (Å²) in [5.41, 5.74) is 2.09. The molecule has 5 nitrogen and oxygen atoms in total. The molecule has 1 aromatic carbocycles. The first-order valence-corrected chi connectivity index (χ1v) is 8.82. The first-order valence-electron chi connectivity index (χ1n) is 8.82. The van der Waals surface area contributed by atoms with E-state index in [4.69, 9.17) is 0 Å². The molecule has 3 saturated heterocycles. The SMILES string of the molecule is CN1C[C@@H]2C[C@@H](c3cnn(-c4ccccc4)c3)N3CCC[C@@]23C1=O. The van der Waals surface area contributed by atoms with Crippen LogP contribution in [-0.4, -0.2) is 51.2 Å². The van der Waals surface area contributed by atoms with Crippen molar-refractivity contribution in [3.63, 3.8) is 0 Å². The van der Waals surface area contributed by atoms with Gasteiger partial charge in [0.05, 0.1) is 11.9 Å². The molecule has 5 rings (SSSR count). The summed E-state index contributed by atoms with van der Waals surface area (Å²) in [5, 5.41) is 4.57. The fourth-order valence-electron chi connectivity index (χ4n) is 5.25. The van der Waals surface area contributed by atoms with Crippen molar-refractivity contribution < 1.29 is 4.79 Å². The van der Waals surface area contributed by atoms with Crippen LogP contribution < -0.4 is 0 Å². The number of para-hydroxylation sites is 1. The average molecular weight is 322 g/mol. The molecule has 2 aromatic rings. The van der Waals surface area contributed by atoms with Crippen molar-refractivity contribution in [1.29, 1.82) is 0 Å². The van der Waals surface area contributed by atoms with E-state index in [1.807, 2.05) is 41.0 Å². The van der Waals surface area contributed by atoms with Gasteiger partial charge >= 0.3 is 0 Å². The van der Waals surface area contributed by atoms with E-state index >= 15 is 0 Å². The number of benzene rings is 1. The average Bonchev–Trinajstić information content (AvgIpc) is 3.33. The number of hydrogen-bond donors (Lipinski definition) is 0. The van der Waals surface area contributed by atoms with Crippen molar-refractivity contribution in [3.8, 4) is 5.69 Å². The monoisotopic (exact) mass is 322 g/mol. The topological polar surface area (TPSA) is 41.4 Å². The maximum absolute atomic E-state index is 12.9. The standard InChI is InChI=1S/C19H22N4O/c1-21-13-15-10-17(22-9-5-8-19(15,22)18(21)24)14-11-20-23(12-14)16-6-3-2-4-7-16/h2-4,6-7,11-12,15,17H,5,8-10,13H2,1H3/t15-,17-,19-/m0/s1. The Morgan fingerprint density at radius 3 is 2.92 bits per heavy atom. The summed E-state index contributed by atoms with van der Waals surface area (Å²) in [4.78, 5) is 17.3. The number of likely N-dealkylation sites (N-methyl/N-ethyl adjacent to an activating group) is 1. The number of aromatic nitrogens is 2. The third-order valence-corrected chi connectivity index (χ3v) is 6.25. The van der Waals surface area contributed by atoms with Crippen molar-refractivity contribution in [2.24, 2.45) is 5.92 Å². The fourth-order valence-corrected chi connectivity index (χ4v) is 5.25. The zero-order valence-electron chi connectivity index (χ0n) is 13.9. The van der Waals surface area contributed by atoms with Crippen LogP contribution in [0.25, 0.3) is 5.69 Å². The van der Waals surface area contributed by atoms with E-state index in [0.717, 1.165) is 38.0 Å². The van der Waals surface area contributed by atoms with Gasteiger partial charge in [0.15, 0.2) is 0 Å². The first kappa shape index (κ1) is 14.2. The van der Waals surface area contributed by atoms with E-state index in [-0.39, 0.29) is 5.54 Å². The Labute approximate surface area is 141 Å². The van der Waals surface area contributed by atoms with Crippen LogP contribution in [0.2, 0.25) is 0 Å². The number of carbonyl (C=O) groups is 1. The summed E-state index contributed by atoms with van der Waals surface area (Å²) in [5.74, 6) is 0.797. The molecule has 3 fully saturated rings. The van der Waals surface area contributed by atoms with E-state index in [2.05, 4.69) is 28.3 Å². The van der Waals surface area contributed by atoms with Gasteiger partial charge in [0.1, 0.15) is 5.54 Å². The second-order valence-corrected chi connectivity index (χ2v) is 7.41. The number of likely N-dealkylation sites (tertiary alicyclic amines) is 1. The Balaban J connectivity index is 1.49. The molecule has 24 heavy (non-hydrogen) atoms. The predicted molar refractivity (Wildman–Crippen MR) is 90.7 cm³/mol. The predicted octanol–water partition coefficient (Wildman–Crippen LogP) is 2.24. The van der Waals surface area contributed by atoms with Crippen molar-refractivity contribution in [3.05, 3.63) is 48.3 Å². The van der Waals surface area contributed by atoms with Gasteiger partial charge in [0.25, 0.3) is 0 Å². The maximum atomic E-state index is 12.9. The van der Waals surface area contributed by atoms with Gasteiger partial charge < -0.3 is 4.90 Å². The molecule has 0 radical (unpaired) electrons. The molecule has 0 N–H and O–H groups in total. The van der Waals surface area contributed by atoms with E-state index in [9.17, 15) is 4.79 Å². The van der Waals surface area contributed by atoms with Crippen molar-refractivity contribution in [2.45, 2.75) is 30.8 Å². The van der Waals surface area contributed by atoms with Gasteiger partial charge in [0.2, 0.25) is 5.91 Å². The second kappa shape index (κ2) is 4.93. The van der Waals surface area contributed by atoms with E-state index in [0.29, 0.717) is 17.9 Å². The number of nitrogens with zero attached hydrogens (tertiary/aromatic N) is 4. The molecule has 3 aliphatic rings. The molecule has 1 spiro atoms. The van der Waals surface area contributed by atoms with E-state index < -0.39 is 0 Å². The molecule has 3 aliphatic heterocycles. The lowest BCUT2D eigenvalue weighted by Gasteiger charge is -2.32. The second-order valence-electron chi connectivity index (χ2n) is 7.41. The molecule has 0 bridgehead atoms. The lowest BCUT2D eigenvalue weighted by molar-refractivity contribution is -0.135. The summed E-state index contributed by atoms with van der Waals surface area (Å²) in [7, 11) is 1.95. The van der Waals surface area contributed by atoms with Gasteiger partial charge in [0, 0.05) is 37.3 Å². The van der Waals surface area contributed by atoms with E-state index in [1.54, 1.807) is 0 Å². The zero-order valence-corrected chi connectivity index (χ0v) is 13.9. The molecule has 124 valence electrons. The third-order valence-electron chi connectivity index (χ3n) is 6.25. The lowest BCUT2D eigenvalue weighted by atomic mass is 9.85. The highest BCUT2D eigenvalue weighted by atomic mass is 16.2. The van der Waals surface area contributed by atoms with Crippen LogP contribution in [0, 0.1) is 5.92 Å². The van der Waals surface area contributed by atoms with Gasteiger partial charge in [-0.1, -0.05) is 18.2 Å². The number of rotatable bonds is 2. The summed E-state index contributed by atoms with van der Waals surface area (Å²) in [6.07, 6.45) is 7.33. The van der Waals surface area contributed by atoms with Gasteiger partial charge in [-0.25, -0.2) is 4.68 Å². The first-order chi connectivity index (χ1) is 11.7. The minimum Gasteiger partial charge on any atom is -0.344 e. The minimum absolute atomic E-state index is 0.228. The summed E-state index contributed by atoms with van der Waals surface area (Å²) >= 11 is 0. The Morgan fingerprint density at radius 2 is 2.08 bits per heavy atom. The van der Waals surface area contributed by atoms with Crippen LogP contribution >= 0.6 is 0 Å². The number of amides is 1. The highest BCUT2D eigenvalue weighted by molar-refractivity contribution is 5.90. The lowest BCUT2D eigenvalue weighted by Crippen LogP contribution is -2.49. The molecular weight excluding hydrogens is 300 g/mol. The summed E-state index contributed by atoms with van der Waals surface area (Å²) in [6.45, 7) is 1.93. The van der Waals surface area contributed by atoms with Crippen LogP contribution in [0.5, 0.6) is 0 Å². The molecule has 5 heteroatoms. The van der Waals surface area contributed by atoms with Crippen LogP contribution in [0.1, 0.15) is 30.9 Å². The largest absolute Gasteiger partial charge is 0.344 e. The van der Waals surface area contributed by atoms with E-state index in [1.165, 1.54) is 5.56 Å². The molecule has 4 heterocycles. The summed E-state index contributed by atoms with van der Waals surface area (Å²) in [6, 6.07) is 10.5. The fraction of sp³-hybridized carbons (Fsp3) is 0.474.